The minimum Gasteiger partial charge on any atom is -0.494 e. The second-order valence-corrected chi connectivity index (χ2v) is 8.03. The summed E-state index contributed by atoms with van der Waals surface area (Å²) in [5.41, 5.74) is 2.42. The number of halogens is 1. The molecular formula is C24H30FN3O3. The first-order valence-corrected chi connectivity index (χ1v) is 10.6. The van der Waals surface area contributed by atoms with Crippen molar-refractivity contribution in [2.24, 2.45) is 0 Å². The number of benzene rings is 2. The Morgan fingerprint density at radius 2 is 1.94 bits per heavy atom. The van der Waals surface area contributed by atoms with Gasteiger partial charge < -0.3 is 19.9 Å². The lowest BCUT2D eigenvalue weighted by Crippen LogP contribution is -2.36. The molecule has 6 nitrogen and oxygen atoms in total. The largest absolute Gasteiger partial charge is 0.494 e. The number of hydrogen-bond donors (Lipinski definition) is 1. The van der Waals surface area contributed by atoms with E-state index in [1.165, 1.54) is 6.07 Å². The van der Waals surface area contributed by atoms with Gasteiger partial charge in [0.05, 0.1) is 6.61 Å². The molecule has 3 rings (SSSR count). The number of carbonyl (C=O) groups excluding carboxylic acids is 2. The number of fused-ring (bicyclic) bond motifs is 1. The Kier molecular flexibility index (Phi) is 8.00. The Balaban J connectivity index is 1.50. The van der Waals surface area contributed by atoms with Gasteiger partial charge in [-0.1, -0.05) is 18.2 Å². The summed E-state index contributed by atoms with van der Waals surface area (Å²) in [7, 11) is 3.90. The molecule has 0 aromatic heterocycles. The average molecular weight is 428 g/mol. The number of anilines is 1. The SMILES string of the molecule is CN(C)CCN(Cc1ccccc1F)C(=O)CCCOc1ccc2c(c1)CCC(=O)N2. The van der Waals surface area contributed by atoms with Crippen molar-refractivity contribution in [1.82, 2.24) is 9.80 Å². The molecule has 166 valence electrons. The summed E-state index contributed by atoms with van der Waals surface area (Å²) in [6, 6.07) is 12.2. The quantitative estimate of drug-likeness (QED) is 0.590. The predicted octanol–water partition coefficient (Wildman–Crippen LogP) is 3.46. The lowest BCUT2D eigenvalue weighted by atomic mass is 10.0. The maximum absolute atomic E-state index is 14.1. The van der Waals surface area contributed by atoms with Crippen LogP contribution in [0.2, 0.25) is 0 Å². The van der Waals surface area contributed by atoms with Crippen molar-refractivity contribution >= 4 is 17.5 Å². The summed E-state index contributed by atoms with van der Waals surface area (Å²) in [5.74, 6) is 0.464. The zero-order valence-corrected chi connectivity index (χ0v) is 18.2. The third kappa shape index (κ3) is 6.79. The third-order valence-corrected chi connectivity index (χ3v) is 5.26. The Bertz CT molecular complexity index is 917. The molecule has 0 fully saturated rings. The predicted molar refractivity (Wildman–Crippen MR) is 118 cm³/mol. The minimum atomic E-state index is -0.294. The molecule has 0 radical (unpaired) electrons. The molecule has 1 heterocycles. The van der Waals surface area contributed by atoms with Crippen LogP contribution < -0.4 is 10.1 Å². The van der Waals surface area contributed by atoms with Crippen LogP contribution in [0.4, 0.5) is 10.1 Å². The highest BCUT2D eigenvalue weighted by Crippen LogP contribution is 2.26. The van der Waals surface area contributed by atoms with Gasteiger partial charge in [0, 0.05) is 43.7 Å². The van der Waals surface area contributed by atoms with E-state index in [1.807, 2.05) is 37.2 Å². The fourth-order valence-corrected chi connectivity index (χ4v) is 3.47. The molecule has 2 aromatic rings. The summed E-state index contributed by atoms with van der Waals surface area (Å²) in [4.78, 5) is 28.0. The van der Waals surface area contributed by atoms with Gasteiger partial charge in [0.2, 0.25) is 11.8 Å². The standard InChI is InChI=1S/C24H30FN3O3/c1-27(2)13-14-28(17-19-6-3-4-7-21(19)25)24(30)8-5-15-31-20-10-11-22-18(16-20)9-12-23(29)26-22/h3-4,6-7,10-11,16H,5,8-9,12-15,17H2,1-2H3,(H,26,29). The smallest absolute Gasteiger partial charge is 0.224 e. The van der Waals surface area contributed by atoms with E-state index in [0.29, 0.717) is 50.9 Å². The minimum absolute atomic E-state index is 0.0122. The van der Waals surface area contributed by atoms with Crippen LogP contribution in [0.1, 0.15) is 30.4 Å². The summed E-state index contributed by atoms with van der Waals surface area (Å²) in [5, 5.41) is 2.85. The number of nitrogens with zero attached hydrogens (tertiary/aromatic N) is 2. The number of nitrogens with one attached hydrogen (secondary N) is 1. The van der Waals surface area contributed by atoms with Crippen molar-refractivity contribution in [3.63, 3.8) is 0 Å². The number of hydrogen-bond acceptors (Lipinski definition) is 4. The highest BCUT2D eigenvalue weighted by molar-refractivity contribution is 5.94. The van der Waals surface area contributed by atoms with E-state index in [4.69, 9.17) is 4.74 Å². The lowest BCUT2D eigenvalue weighted by Gasteiger charge is -2.25. The monoisotopic (exact) mass is 427 g/mol. The Hall–Kier alpha value is -2.93. The fourth-order valence-electron chi connectivity index (χ4n) is 3.47. The number of aryl methyl sites for hydroxylation is 1. The van der Waals surface area contributed by atoms with Gasteiger partial charge in [0.25, 0.3) is 0 Å². The molecule has 2 aromatic carbocycles. The number of carbonyl (C=O) groups is 2. The molecule has 0 saturated heterocycles. The maximum Gasteiger partial charge on any atom is 0.224 e. The molecule has 0 bridgehead atoms. The van der Waals surface area contributed by atoms with Crippen LogP contribution in [-0.4, -0.2) is 55.4 Å². The average Bonchev–Trinajstić information content (AvgIpc) is 2.75. The number of rotatable bonds is 10. The molecule has 1 aliphatic heterocycles. The van der Waals surface area contributed by atoms with E-state index in [2.05, 4.69) is 5.32 Å². The third-order valence-electron chi connectivity index (χ3n) is 5.26. The topological polar surface area (TPSA) is 61.9 Å². The van der Waals surface area contributed by atoms with E-state index in [1.54, 1.807) is 23.1 Å². The molecule has 0 unspecified atom stereocenters. The second-order valence-electron chi connectivity index (χ2n) is 8.03. The Morgan fingerprint density at radius 3 is 2.71 bits per heavy atom. The zero-order chi connectivity index (χ0) is 22.2. The van der Waals surface area contributed by atoms with E-state index >= 15 is 0 Å². The van der Waals surface area contributed by atoms with Gasteiger partial charge in [-0.25, -0.2) is 4.39 Å². The summed E-state index contributed by atoms with van der Waals surface area (Å²) in [6.45, 7) is 1.93. The summed E-state index contributed by atoms with van der Waals surface area (Å²) < 4.78 is 19.9. The van der Waals surface area contributed by atoms with Crippen molar-refractivity contribution in [2.45, 2.75) is 32.2 Å². The molecule has 7 heteroatoms. The summed E-state index contributed by atoms with van der Waals surface area (Å²) >= 11 is 0. The molecule has 31 heavy (non-hydrogen) atoms. The Morgan fingerprint density at radius 1 is 1.13 bits per heavy atom. The van der Waals surface area contributed by atoms with Gasteiger partial charge in [-0.3, -0.25) is 9.59 Å². The van der Waals surface area contributed by atoms with Crippen LogP contribution in [0.5, 0.6) is 5.75 Å². The molecular weight excluding hydrogens is 397 g/mol. The first kappa shape index (κ1) is 22.7. The number of amides is 2. The molecule has 1 aliphatic rings. The van der Waals surface area contributed by atoms with Crippen molar-refractivity contribution in [3.05, 3.63) is 59.4 Å². The van der Waals surface area contributed by atoms with Crippen molar-refractivity contribution in [2.75, 3.05) is 39.1 Å². The molecule has 0 saturated carbocycles. The van der Waals surface area contributed by atoms with Crippen LogP contribution in [0.3, 0.4) is 0 Å². The number of ether oxygens (including phenoxy) is 1. The first-order chi connectivity index (χ1) is 14.9. The van der Waals surface area contributed by atoms with Gasteiger partial charge in [0.15, 0.2) is 0 Å². The van der Waals surface area contributed by atoms with Gasteiger partial charge in [-0.15, -0.1) is 0 Å². The van der Waals surface area contributed by atoms with Crippen molar-refractivity contribution in [1.29, 1.82) is 0 Å². The molecule has 2 amide bonds. The van der Waals surface area contributed by atoms with E-state index in [9.17, 15) is 14.0 Å². The van der Waals surface area contributed by atoms with Crippen LogP contribution in [-0.2, 0) is 22.6 Å². The Labute approximate surface area is 183 Å². The van der Waals surface area contributed by atoms with Crippen LogP contribution >= 0.6 is 0 Å². The summed E-state index contributed by atoms with van der Waals surface area (Å²) in [6.07, 6.45) is 2.09. The van der Waals surface area contributed by atoms with Crippen LogP contribution in [0.25, 0.3) is 0 Å². The molecule has 0 spiro atoms. The van der Waals surface area contributed by atoms with E-state index < -0.39 is 0 Å². The van der Waals surface area contributed by atoms with Gasteiger partial charge in [-0.2, -0.15) is 0 Å². The highest BCUT2D eigenvalue weighted by atomic mass is 19.1. The van der Waals surface area contributed by atoms with E-state index in [-0.39, 0.29) is 24.2 Å². The van der Waals surface area contributed by atoms with Crippen molar-refractivity contribution in [3.8, 4) is 5.75 Å². The van der Waals surface area contributed by atoms with Gasteiger partial charge >= 0.3 is 0 Å². The van der Waals surface area contributed by atoms with Gasteiger partial charge in [-0.05, 0) is 56.8 Å². The molecule has 0 aliphatic carbocycles. The normalized spacial score (nSPS) is 13.0. The van der Waals surface area contributed by atoms with Crippen LogP contribution in [0, 0.1) is 5.82 Å². The lowest BCUT2D eigenvalue weighted by molar-refractivity contribution is -0.132. The molecule has 0 atom stereocenters. The van der Waals surface area contributed by atoms with Gasteiger partial charge in [0.1, 0.15) is 11.6 Å². The van der Waals surface area contributed by atoms with Crippen LogP contribution in [0.15, 0.2) is 42.5 Å². The maximum atomic E-state index is 14.1. The highest BCUT2D eigenvalue weighted by Gasteiger charge is 2.17. The molecule has 1 N–H and O–H groups in total. The second kappa shape index (κ2) is 10.9. The number of likely N-dealkylation sites (N-methyl/N-ethyl adjacent to an activating group) is 1. The fraction of sp³-hybridized carbons (Fsp3) is 0.417. The van der Waals surface area contributed by atoms with E-state index in [0.717, 1.165) is 17.0 Å². The van der Waals surface area contributed by atoms with Crippen molar-refractivity contribution < 1.29 is 18.7 Å². The zero-order valence-electron chi connectivity index (χ0n) is 18.2. The first-order valence-electron chi connectivity index (χ1n) is 10.6.